The van der Waals surface area contributed by atoms with Crippen molar-refractivity contribution in [1.82, 2.24) is 5.32 Å². The monoisotopic (exact) mass is 532 g/mol. The lowest BCUT2D eigenvalue weighted by Gasteiger charge is -2.32. The number of aliphatic imine (C=N–C) groups is 1. The van der Waals surface area contributed by atoms with Gasteiger partial charge < -0.3 is 5.32 Å². The maximum absolute atomic E-state index is 13.9. The van der Waals surface area contributed by atoms with Crippen molar-refractivity contribution in [3.63, 3.8) is 0 Å². The second-order valence-corrected chi connectivity index (χ2v) is 9.49. The third kappa shape index (κ3) is 11.1. The normalized spacial score (nSPS) is 13.0. The Labute approximate surface area is 235 Å². The van der Waals surface area contributed by atoms with Gasteiger partial charge in [0.05, 0.1) is 0 Å². The fraction of sp³-hybridized carbons (Fsp3) is 0.343. The molecule has 0 bridgehead atoms. The van der Waals surface area contributed by atoms with E-state index >= 15 is 0 Å². The van der Waals surface area contributed by atoms with E-state index < -0.39 is 11.3 Å². The van der Waals surface area contributed by atoms with Crippen molar-refractivity contribution in [2.24, 2.45) is 4.99 Å². The van der Waals surface area contributed by atoms with Crippen LogP contribution in [0.2, 0.25) is 0 Å². The second kappa shape index (κ2) is 17.3. The van der Waals surface area contributed by atoms with Gasteiger partial charge in [0.2, 0.25) is 0 Å². The molecule has 0 fully saturated rings. The van der Waals surface area contributed by atoms with Gasteiger partial charge in [-0.2, -0.15) is 0 Å². The van der Waals surface area contributed by atoms with E-state index in [1.54, 1.807) is 24.4 Å². The van der Waals surface area contributed by atoms with E-state index in [-0.39, 0.29) is 5.56 Å². The number of rotatable bonds is 10. The number of nitrogens with one attached hydrogen (secondary N) is 1. The largest absolute Gasteiger partial charge is 0.316 e. The Bertz CT molecular complexity index is 1160. The van der Waals surface area contributed by atoms with Crippen LogP contribution in [0.4, 0.5) is 8.78 Å². The van der Waals surface area contributed by atoms with Crippen LogP contribution in [0.15, 0.2) is 108 Å². The van der Waals surface area contributed by atoms with Crippen LogP contribution >= 0.6 is 0 Å². The first-order valence-corrected chi connectivity index (χ1v) is 13.7. The molecule has 1 atom stereocenters. The number of allylic oxidation sites excluding steroid dienone is 3. The highest BCUT2D eigenvalue weighted by atomic mass is 19.3. The molecule has 3 aromatic carbocycles. The SMILES string of the molecule is C=CC=N/C(=C\CC)C(C)(Cc1ccccc1)c1cccc(C(C)(F)F)c1.CC.CNCc1ccc(C)cc1. The minimum Gasteiger partial charge on any atom is -0.316 e. The fourth-order valence-corrected chi connectivity index (χ4v) is 4.14. The number of nitrogens with zero attached hydrogens (tertiary/aromatic N) is 1. The molecule has 3 aromatic rings. The minimum atomic E-state index is -2.89. The molecule has 0 aliphatic rings. The lowest BCUT2D eigenvalue weighted by Crippen LogP contribution is -2.28. The number of hydrogen-bond donors (Lipinski definition) is 1. The van der Waals surface area contributed by atoms with Gasteiger partial charge in [0.25, 0.3) is 5.92 Å². The Morgan fingerprint density at radius 1 is 0.897 bits per heavy atom. The molecule has 1 N–H and O–H groups in total. The van der Waals surface area contributed by atoms with Crippen molar-refractivity contribution in [3.05, 3.63) is 131 Å². The summed E-state index contributed by atoms with van der Waals surface area (Å²) in [5.74, 6) is -2.89. The van der Waals surface area contributed by atoms with Crippen LogP contribution in [0.25, 0.3) is 0 Å². The van der Waals surface area contributed by atoms with Gasteiger partial charge in [-0.15, -0.1) is 0 Å². The molecule has 0 saturated carbocycles. The van der Waals surface area contributed by atoms with Gasteiger partial charge in [-0.3, -0.25) is 4.99 Å². The van der Waals surface area contributed by atoms with Gasteiger partial charge in [-0.25, -0.2) is 8.78 Å². The van der Waals surface area contributed by atoms with Gasteiger partial charge in [-0.05, 0) is 56.5 Å². The summed E-state index contributed by atoms with van der Waals surface area (Å²) in [5, 5.41) is 3.10. The van der Waals surface area contributed by atoms with E-state index in [1.807, 2.05) is 52.1 Å². The third-order valence-corrected chi connectivity index (χ3v) is 6.19. The molecule has 3 rings (SSSR count). The fourth-order valence-electron chi connectivity index (χ4n) is 4.14. The Morgan fingerprint density at radius 3 is 2.05 bits per heavy atom. The van der Waals surface area contributed by atoms with Crippen molar-refractivity contribution < 1.29 is 8.78 Å². The van der Waals surface area contributed by atoms with Gasteiger partial charge in [0.15, 0.2) is 0 Å². The van der Waals surface area contributed by atoms with E-state index in [4.69, 9.17) is 0 Å². The van der Waals surface area contributed by atoms with E-state index in [2.05, 4.69) is 73.2 Å². The summed E-state index contributed by atoms with van der Waals surface area (Å²) in [5.41, 5.74) is 4.94. The van der Waals surface area contributed by atoms with E-state index in [1.165, 1.54) is 17.2 Å². The van der Waals surface area contributed by atoms with Crippen LogP contribution in [0, 0.1) is 6.92 Å². The first-order chi connectivity index (χ1) is 18.6. The summed E-state index contributed by atoms with van der Waals surface area (Å²) in [6.45, 7) is 15.8. The van der Waals surface area contributed by atoms with Gasteiger partial charge in [-0.1, -0.05) is 118 Å². The number of aryl methyl sites for hydroxylation is 1. The van der Waals surface area contributed by atoms with Crippen molar-refractivity contribution in [3.8, 4) is 0 Å². The van der Waals surface area contributed by atoms with Crippen LogP contribution in [-0.2, 0) is 24.3 Å². The number of alkyl halides is 2. The lowest BCUT2D eigenvalue weighted by atomic mass is 9.73. The van der Waals surface area contributed by atoms with Crippen LogP contribution in [0.1, 0.15) is 68.9 Å². The Balaban J connectivity index is 0.000000528. The quantitative estimate of drug-likeness (QED) is 0.258. The number of hydrogen-bond acceptors (Lipinski definition) is 2. The molecular weight excluding hydrogens is 486 g/mol. The van der Waals surface area contributed by atoms with Crippen molar-refractivity contribution in [2.75, 3.05) is 7.05 Å². The first kappa shape index (κ1) is 33.7. The van der Waals surface area contributed by atoms with Crippen LogP contribution in [0.5, 0.6) is 0 Å². The molecule has 0 radical (unpaired) electrons. The Morgan fingerprint density at radius 2 is 1.51 bits per heavy atom. The first-order valence-electron chi connectivity index (χ1n) is 13.7. The molecule has 4 heteroatoms. The predicted octanol–water partition coefficient (Wildman–Crippen LogP) is 9.59. The van der Waals surface area contributed by atoms with E-state index in [0.717, 1.165) is 36.7 Å². The molecule has 39 heavy (non-hydrogen) atoms. The molecule has 210 valence electrons. The maximum atomic E-state index is 13.9. The highest BCUT2D eigenvalue weighted by Crippen LogP contribution is 2.39. The Hall–Kier alpha value is -3.37. The topological polar surface area (TPSA) is 24.4 Å². The molecule has 0 heterocycles. The smallest absolute Gasteiger partial charge is 0.270 e. The molecule has 1 unspecified atom stereocenters. The zero-order valence-corrected chi connectivity index (χ0v) is 24.8. The minimum absolute atomic E-state index is 0.0165. The summed E-state index contributed by atoms with van der Waals surface area (Å²) >= 11 is 0. The van der Waals surface area contributed by atoms with Crippen LogP contribution < -0.4 is 5.32 Å². The summed E-state index contributed by atoms with van der Waals surface area (Å²) in [6.07, 6.45) is 6.80. The second-order valence-electron chi connectivity index (χ2n) is 9.49. The van der Waals surface area contributed by atoms with Gasteiger partial charge in [0, 0.05) is 36.4 Å². The number of benzene rings is 3. The highest BCUT2D eigenvalue weighted by Gasteiger charge is 2.33. The van der Waals surface area contributed by atoms with E-state index in [9.17, 15) is 8.78 Å². The molecular formula is C35H46F2N2. The molecule has 0 amide bonds. The summed E-state index contributed by atoms with van der Waals surface area (Å²) in [4.78, 5) is 4.60. The predicted molar refractivity (Wildman–Crippen MR) is 166 cm³/mol. The van der Waals surface area contributed by atoms with Gasteiger partial charge in [0.1, 0.15) is 0 Å². The molecule has 0 aliphatic carbocycles. The molecule has 0 aliphatic heterocycles. The molecule has 0 saturated heterocycles. The van der Waals surface area contributed by atoms with Gasteiger partial charge >= 0.3 is 0 Å². The average molecular weight is 533 g/mol. The third-order valence-electron chi connectivity index (χ3n) is 6.19. The standard InChI is InChI=1S/C24H27F2N.C9H13N.C2H6/c1-5-11-22(27-16-6-2)23(3,18-19-12-8-7-9-13-19)20-14-10-15-21(17-20)24(4,25)26;1-8-3-5-9(6-4-8)7-10-2;1-2/h6-17H,2,5,18H2,1,3-4H3;3-6,10H,7H2,1-2H3;1-2H3/b22-11-,27-16?;;. The zero-order chi connectivity index (χ0) is 29.3. The molecule has 0 aromatic heterocycles. The zero-order valence-electron chi connectivity index (χ0n) is 24.8. The van der Waals surface area contributed by atoms with Crippen LogP contribution in [-0.4, -0.2) is 13.3 Å². The summed E-state index contributed by atoms with van der Waals surface area (Å²) < 4.78 is 27.9. The van der Waals surface area contributed by atoms with Crippen molar-refractivity contribution >= 4 is 6.21 Å². The summed E-state index contributed by atoms with van der Waals surface area (Å²) in [6, 6.07) is 25.3. The van der Waals surface area contributed by atoms with Crippen molar-refractivity contribution in [2.45, 2.75) is 72.3 Å². The maximum Gasteiger partial charge on any atom is 0.270 e. The van der Waals surface area contributed by atoms with E-state index in [0.29, 0.717) is 6.42 Å². The van der Waals surface area contributed by atoms with Crippen molar-refractivity contribution in [1.29, 1.82) is 0 Å². The number of halogens is 2. The highest BCUT2D eigenvalue weighted by molar-refractivity contribution is 5.71. The Kier molecular flexibility index (Phi) is 14.9. The lowest BCUT2D eigenvalue weighted by molar-refractivity contribution is 0.0173. The van der Waals surface area contributed by atoms with Crippen LogP contribution in [0.3, 0.4) is 0 Å². The molecule has 2 nitrogen and oxygen atoms in total. The average Bonchev–Trinajstić information content (AvgIpc) is 2.94. The molecule has 0 spiro atoms. The summed E-state index contributed by atoms with van der Waals surface area (Å²) in [7, 11) is 1.96.